The van der Waals surface area contributed by atoms with E-state index < -0.39 is 0 Å². The third-order valence-corrected chi connectivity index (χ3v) is 5.10. The van der Waals surface area contributed by atoms with E-state index in [1.54, 1.807) is 0 Å². The summed E-state index contributed by atoms with van der Waals surface area (Å²) >= 11 is 0. The standard InChI is InChI=1S/C20H29N5O2/c1-3-21-19(22-10-11-25-18(26)13-23-20(25)27)24-14(2)16-9-8-15-6-4-5-7-17(15)12-16/h8-9,12,14H,3-7,10-11,13H2,1-2H3,(H,23,27)(H2,21,22,24). The average Bonchev–Trinajstić information content (AvgIpc) is 2.99. The van der Waals surface area contributed by atoms with E-state index in [1.807, 2.05) is 6.92 Å². The van der Waals surface area contributed by atoms with Crippen LogP contribution in [0.15, 0.2) is 23.2 Å². The fourth-order valence-electron chi connectivity index (χ4n) is 3.57. The summed E-state index contributed by atoms with van der Waals surface area (Å²) in [7, 11) is 0. The third-order valence-electron chi connectivity index (χ3n) is 5.10. The molecule has 1 aliphatic carbocycles. The molecule has 0 bridgehead atoms. The quantitative estimate of drug-likeness (QED) is 0.404. The van der Waals surface area contributed by atoms with E-state index in [1.165, 1.54) is 40.9 Å². The maximum absolute atomic E-state index is 11.6. The Balaban J connectivity index is 1.61. The molecule has 1 saturated heterocycles. The number of rotatable bonds is 6. The maximum atomic E-state index is 11.6. The molecule has 1 aliphatic heterocycles. The number of aliphatic imine (C=N–C) groups is 1. The molecule has 27 heavy (non-hydrogen) atoms. The first kappa shape index (κ1) is 19.2. The molecule has 3 N–H and O–H groups in total. The number of nitrogens with one attached hydrogen (secondary N) is 3. The predicted molar refractivity (Wildman–Crippen MR) is 106 cm³/mol. The van der Waals surface area contributed by atoms with Crippen LogP contribution in [-0.2, 0) is 17.6 Å². The van der Waals surface area contributed by atoms with Gasteiger partial charge in [0.2, 0.25) is 5.91 Å². The first-order valence-electron chi connectivity index (χ1n) is 9.83. The third kappa shape index (κ3) is 4.78. The molecule has 1 heterocycles. The number of urea groups is 1. The lowest BCUT2D eigenvalue weighted by molar-refractivity contribution is -0.124. The van der Waals surface area contributed by atoms with Crippen LogP contribution in [0.5, 0.6) is 0 Å². The molecule has 7 heteroatoms. The minimum Gasteiger partial charge on any atom is -0.357 e. The lowest BCUT2D eigenvalue weighted by Gasteiger charge is -2.22. The lowest BCUT2D eigenvalue weighted by atomic mass is 9.89. The highest BCUT2D eigenvalue weighted by molar-refractivity contribution is 6.01. The number of aryl methyl sites for hydroxylation is 2. The molecule has 1 unspecified atom stereocenters. The molecule has 1 fully saturated rings. The number of amides is 3. The Labute approximate surface area is 160 Å². The van der Waals surface area contributed by atoms with Crippen molar-refractivity contribution in [2.45, 2.75) is 45.6 Å². The van der Waals surface area contributed by atoms with Crippen molar-refractivity contribution in [3.8, 4) is 0 Å². The fourth-order valence-corrected chi connectivity index (χ4v) is 3.57. The zero-order chi connectivity index (χ0) is 19.2. The second-order valence-electron chi connectivity index (χ2n) is 7.07. The maximum Gasteiger partial charge on any atom is 0.324 e. The van der Waals surface area contributed by atoms with Gasteiger partial charge in [-0.1, -0.05) is 18.2 Å². The van der Waals surface area contributed by atoms with Gasteiger partial charge in [0.1, 0.15) is 0 Å². The Kier molecular flexibility index (Phi) is 6.32. The van der Waals surface area contributed by atoms with E-state index >= 15 is 0 Å². The summed E-state index contributed by atoms with van der Waals surface area (Å²) in [5, 5.41) is 9.17. The van der Waals surface area contributed by atoms with E-state index in [2.05, 4.69) is 46.1 Å². The first-order chi connectivity index (χ1) is 13.1. The average molecular weight is 371 g/mol. The Bertz CT molecular complexity index is 715. The highest BCUT2D eigenvalue weighted by Gasteiger charge is 2.27. The number of carbonyl (C=O) groups excluding carboxylic acids is 2. The van der Waals surface area contributed by atoms with Crippen molar-refractivity contribution in [3.05, 3.63) is 34.9 Å². The van der Waals surface area contributed by atoms with E-state index in [9.17, 15) is 9.59 Å². The van der Waals surface area contributed by atoms with Crippen LogP contribution < -0.4 is 16.0 Å². The molecule has 1 atom stereocenters. The summed E-state index contributed by atoms with van der Waals surface area (Å²) in [6.45, 7) is 5.61. The summed E-state index contributed by atoms with van der Waals surface area (Å²) in [5.74, 6) is 0.491. The summed E-state index contributed by atoms with van der Waals surface area (Å²) in [5.41, 5.74) is 4.19. The number of imide groups is 1. The molecule has 2 aliphatic rings. The van der Waals surface area contributed by atoms with Crippen LogP contribution >= 0.6 is 0 Å². The van der Waals surface area contributed by atoms with Gasteiger partial charge in [-0.25, -0.2) is 4.79 Å². The summed E-state index contributed by atoms with van der Waals surface area (Å²) in [4.78, 5) is 28.9. The summed E-state index contributed by atoms with van der Waals surface area (Å²) in [6.07, 6.45) is 4.90. The highest BCUT2D eigenvalue weighted by Crippen LogP contribution is 2.24. The number of hydrogen-bond donors (Lipinski definition) is 3. The van der Waals surface area contributed by atoms with Crippen LogP contribution in [0.3, 0.4) is 0 Å². The molecule has 0 spiro atoms. The zero-order valence-electron chi connectivity index (χ0n) is 16.2. The molecule has 1 aromatic rings. The lowest BCUT2D eigenvalue weighted by Crippen LogP contribution is -2.40. The molecule has 7 nitrogen and oxygen atoms in total. The molecule has 3 amide bonds. The van der Waals surface area contributed by atoms with Crippen molar-refractivity contribution in [2.24, 2.45) is 4.99 Å². The topological polar surface area (TPSA) is 85.8 Å². The number of benzene rings is 1. The van der Waals surface area contributed by atoms with Gasteiger partial charge in [-0.3, -0.25) is 14.7 Å². The second-order valence-corrected chi connectivity index (χ2v) is 7.07. The van der Waals surface area contributed by atoms with E-state index in [0.717, 1.165) is 13.0 Å². The zero-order valence-corrected chi connectivity index (χ0v) is 16.2. The van der Waals surface area contributed by atoms with Gasteiger partial charge in [-0.15, -0.1) is 0 Å². The van der Waals surface area contributed by atoms with E-state index in [0.29, 0.717) is 12.5 Å². The predicted octanol–water partition coefficient (Wildman–Crippen LogP) is 1.73. The first-order valence-corrected chi connectivity index (χ1v) is 9.83. The van der Waals surface area contributed by atoms with Gasteiger partial charge in [-0.2, -0.15) is 0 Å². The van der Waals surface area contributed by atoms with Crippen LogP contribution in [0.1, 0.15) is 49.4 Å². The fraction of sp³-hybridized carbons (Fsp3) is 0.550. The molecule has 0 aromatic heterocycles. The van der Waals surface area contributed by atoms with Crippen LogP contribution in [0.25, 0.3) is 0 Å². The molecular weight excluding hydrogens is 342 g/mol. The van der Waals surface area contributed by atoms with Gasteiger partial charge in [0.15, 0.2) is 5.96 Å². The van der Waals surface area contributed by atoms with Crippen LogP contribution in [-0.4, -0.2) is 49.0 Å². The van der Waals surface area contributed by atoms with Crippen molar-refractivity contribution in [3.63, 3.8) is 0 Å². The van der Waals surface area contributed by atoms with Gasteiger partial charge in [-0.05, 0) is 56.2 Å². The minimum absolute atomic E-state index is 0.0796. The normalized spacial score (nSPS) is 18.1. The van der Waals surface area contributed by atoms with Gasteiger partial charge in [0.25, 0.3) is 0 Å². The monoisotopic (exact) mass is 371 g/mol. The van der Waals surface area contributed by atoms with Crippen LogP contribution in [0.2, 0.25) is 0 Å². The second kappa shape index (κ2) is 8.88. The van der Waals surface area contributed by atoms with Gasteiger partial charge >= 0.3 is 6.03 Å². The summed E-state index contributed by atoms with van der Waals surface area (Å²) in [6, 6.07) is 6.54. The Morgan fingerprint density at radius 1 is 1.26 bits per heavy atom. The molecule has 0 saturated carbocycles. The van der Waals surface area contributed by atoms with Gasteiger partial charge < -0.3 is 16.0 Å². The molecule has 3 rings (SSSR count). The van der Waals surface area contributed by atoms with Crippen molar-refractivity contribution < 1.29 is 9.59 Å². The molecular formula is C20H29N5O2. The van der Waals surface area contributed by atoms with E-state index in [-0.39, 0.29) is 31.1 Å². The molecule has 1 aromatic carbocycles. The minimum atomic E-state index is -0.337. The Morgan fingerprint density at radius 2 is 2.04 bits per heavy atom. The Morgan fingerprint density at radius 3 is 2.74 bits per heavy atom. The Hall–Kier alpha value is -2.57. The largest absolute Gasteiger partial charge is 0.357 e. The van der Waals surface area contributed by atoms with Gasteiger partial charge in [0.05, 0.1) is 25.7 Å². The van der Waals surface area contributed by atoms with Crippen molar-refractivity contribution in [1.82, 2.24) is 20.9 Å². The SMILES string of the molecule is CCNC(=NCCN1C(=O)CNC1=O)NC(C)c1ccc2c(c1)CCCC2. The van der Waals surface area contributed by atoms with Crippen molar-refractivity contribution in [2.75, 3.05) is 26.2 Å². The number of carbonyl (C=O) groups is 2. The number of hydrogen-bond acceptors (Lipinski definition) is 3. The summed E-state index contributed by atoms with van der Waals surface area (Å²) < 4.78 is 0. The van der Waals surface area contributed by atoms with Crippen molar-refractivity contribution >= 4 is 17.9 Å². The van der Waals surface area contributed by atoms with Gasteiger partial charge in [0, 0.05) is 6.54 Å². The van der Waals surface area contributed by atoms with Crippen LogP contribution in [0, 0.1) is 0 Å². The van der Waals surface area contributed by atoms with Crippen LogP contribution in [0.4, 0.5) is 4.79 Å². The number of nitrogens with zero attached hydrogens (tertiary/aromatic N) is 2. The van der Waals surface area contributed by atoms with E-state index in [4.69, 9.17) is 0 Å². The molecule has 0 radical (unpaired) electrons. The number of fused-ring (bicyclic) bond motifs is 1. The number of guanidine groups is 1. The highest BCUT2D eigenvalue weighted by atomic mass is 16.2. The molecule has 146 valence electrons. The van der Waals surface area contributed by atoms with Crippen molar-refractivity contribution in [1.29, 1.82) is 0 Å². The smallest absolute Gasteiger partial charge is 0.324 e.